The first-order valence-electron chi connectivity index (χ1n) is 2.78. The Bertz CT molecular complexity index is 177. The van der Waals surface area contributed by atoms with E-state index < -0.39 is 0 Å². The number of furan rings is 1. The Morgan fingerprint density at radius 1 is 1.67 bits per heavy atom. The Morgan fingerprint density at radius 3 is 3.11 bits per heavy atom. The van der Waals surface area contributed by atoms with Crippen molar-refractivity contribution in [3.63, 3.8) is 0 Å². The number of nitrogens with one attached hydrogen (secondary N) is 1. The van der Waals surface area contributed by atoms with E-state index in [0.29, 0.717) is 6.54 Å². The van der Waals surface area contributed by atoms with Crippen LogP contribution in [0.25, 0.3) is 6.08 Å². The first-order chi connectivity index (χ1) is 4.43. The predicted octanol–water partition coefficient (Wildman–Crippen LogP) is 1.58. The lowest BCUT2D eigenvalue weighted by atomic mass is 10.4. The minimum atomic E-state index is 0.306. The van der Waals surface area contributed by atoms with E-state index in [9.17, 15) is 0 Å². The third-order valence-corrected chi connectivity index (χ3v) is 0.943. The monoisotopic (exact) mass is 122 g/mol. The highest BCUT2D eigenvalue weighted by Gasteiger charge is 1.83. The van der Waals surface area contributed by atoms with Crippen molar-refractivity contribution in [3.8, 4) is 0 Å². The molecule has 1 aromatic heterocycles. The molecule has 0 bridgehead atoms. The van der Waals surface area contributed by atoms with Gasteiger partial charge in [-0.2, -0.15) is 0 Å². The van der Waals surface area contributed by atoms with E-state index in [1.807, 2.05) is 12.1 Å². The van der Waals surface area contributed by atoms with E-state index >= 15 is 0 Å². The molecule has 0 unspecified atom stereocenters. The highest BCUT2D eigenvalue weighted by Crippen LogP contribution is 2.00. The molecule has 0 aliphatic carbocycles. The lowest BCUT2D eigenvalue weighted by Gasteiger charge is -1.79. The van der Waals surface area contributed by atoms with Crippen molar-refractivity contribution in [2.24, 2.45) is 0 Å². The Labute approximate surface area is 54.0 Å². The molecule has 1 N–H and O–H groups in total. The third kappa shape index (κ3) is 1.74. The molecule has 0 fully saturated rings. The topological polar surface area (TPSA) is 36.9 Å². The Kier molecular flexibility index (Phi) is 2.10. The summed E-state index contributed by atoms with van der Waals surface area (Å²) in [6.45, 7) is 0.306. The van der Waals surface area contributed by atoms with Crippen LogP contribution in [0.1, 0.15) is 5.76 Å². The average Bonchev–Trinajstić information content (AvgIpc) is 2.34. The number of rotatable bonds is 2. The molecule has 0 saturated carbocycles. The van der Waals surface area contributed by atoms with E-state index in [4.69, 9.17) is 10.2 Å². The molecule has 0 aliphatic heterocycles. The highest BCUT2D eigenvalue weighted by molar-refractivity contribution is 5.41. The molecular weight excluding hydrogens is 114 g/mol. The molecule has 0 atom stereocenters. The van der Waals surface area contributed by atoms with Crippen molar-refractivity contribution in [1.29, 1.82) is 0 Å². The summed E-state index contributed by atoms with van der Waals surface area (Å²) in [7, 11) is 0. The highest BCUT2D eigenvalue weighted by atomic mass is 16.3. The fourth-order valence-electron chi connectivity index (χ4n) is 0.561. The third-order valence-electron chi connectivity index (χ3n) is 0.943. The van der Waals surface area contributed by atoms with Crippen LogP contribution in [-0.2, 0) is 0 Å². The van der Waals surface area contributed by atoms with Gasteiger partial charge in [0.15, 0.2) is 0 Å². The van der Waals surface area contributed by atoms with Crippen LogP contribution in [-0.4, -0.2) is 6.54 Å². The molecule has 2 nitrogen and oxygen atoms in total. The van der Waals surface area contributed by atoms with Gasteiger partial charge < -0.3 is 4.42 Å². The lowest BCUT2D eigenvalue weighted by molar-refractivity contribution is 0.557. The molecule has 0 spiro atoms. The summed E-state index contributed by atoms with van der Waals surface area (Å²) in [6.07, 6.45) is 5.13. The minimum Gasteiger partial charge on any atom is -0.465 e. The zero-order valence-corrected chi connectivity index (χ0v) is 5.00. The van der Waals surface area contributed by atoms with E-state index in [-0.39, 0.29) is 0 Å². The van der Waals surface area contributed by atoms with Gasteiger partial charge in [0.05, 0.1) is 6.26 Å². The van der Waals surface area contributed by atoms with Gasteiger partial charge in [0, 0.05) is 6.54 Å². The fraction of sp³-hybridized carbons (Fsp3) is 0.143. The molecule has 47 valence electrons. The van der Waals surface area contributed by atoms with Crippen LogP contribution >= 0.6 is 0 Å². The molecule has 2 heteroatoms. The van der Waals surface area contributed by atoms with Gasteiger partial charge in [-0.3, -0.25) is 5.73 Å². The Balaban J connectivity index is 2.57. The van der Waals surface area contributed by atoms with Crippen LogP contribution in [0.15, 0.2) is 28.9 Å². The van der Waals surface area contributed by atoms with Gasteiger partial charge in [-0.25, -0.2) is 0 Å². The molecule has 1 aromatic rings. The van der Waals surface area contributed by atoms with E-state index in [1.54, 1.807) is 18.4 Å². The zero-order valence-electron chi connectivity index (χ0n) is 5.00. The van der Waals surface area contributed by atoms with E-state index in [0.717, 1.165) is 5.76 Å². The van der Waals surface area contributed by atoms with Crippen molar-refractivity contribution in [3.05, 3.63) is 30.2 Å². The van der Waals surface area contributed by atoms with E-state index in [2.05, 4.69) is 0 Å². The van der Waals surface area contributed by atoms with Crippen molar-refractivity contribution in [2.75, 3.05) is 6.54 Å². The van der Waals surface area contributed by atoms with Gasteiger partial charge in [-0.05, 0) is 18.2 Å². The molecule has 1 rings (SSSR count). The summed E-state index contributed by atoms with van der Waals surface area (Å²) in [5, 5.41) is 0. The summed E-state index contributed by atoms with van der Waals surface area (Å²) < 4.78 is 4.97. The normalized spacial score (nSPS) is 10.8. The molecular formula is C7H8NO. The smallest absolute Gasteiger partial charge is 0.126 e. The van der Waals surface area contributed by atoms with Gasteiger partial charge in [-0.15, -0.1) is 0 Å². The standard InChI is InChI=1S/C7H8NO/c8-5-1-3-7-4-2-6-9-7/h1-4,6,8H,5H2. The SMILES string of the molecule is [NH]CC=Cc1ccco1. The Morgan fingerprint density at radius 2 is 2.56 bits per heavy atom. The molecule has 1 radical (unpaired) electrons. The van der Waals surface area contributed by atoms with Gasteiger partial charge in [-0.1, -0.05) is 6.08 Å². The molecule has 0 saturated heterocycles. The summed E-state index contributed by atoms with van der Waals surface area (Å²) in [5.41, 5.74) is 6.78. The van der Waals surface area contributed by atoms with Crippen LogP contribution in [0, 0.1) is 0 Å². The van der Waals surface area contributed by atoms with Crippen LogP contribution in [0.2, 0.25) is 0 Å². The summed E-state index contributed by atoms with van der Waals surface area (Å²) in [5.74, 6) is 0.808. The second-order valence-corrected chi connectivity index (χ2v) is 1.62. The maximum Gasteiger partial charge on any atom is 0.126 e. The summed E-state index contributed by atoms with van der Waals surface area (Å²) >= 11 is 0. The molecule has 1 heterocycles. The van der Waals surface area contributed by atoms with Crippen molar-refractivity contribution in [2.45, 2.75) is 0 Å². The zero-order chi connectivity index (χ0) is 6.53. The largest absolute Gasteiger partial charge is 0.465 e. The molecule has 9 heavy (non-hydrogen) atoms. The van der Waals surface area contributed by atoms with Crippen molar-refractivity contribution in [1.82, 2.24) is 5.73 Å². The second-order valence-electron chi connectivity index (χ2n) is 1.62. The summed E-state index contributed by atoms with van der Waals surface area (Å²) in [6, 6.07) is 3.68. The fourth-order valence-corrected chi connectivity index (χ4v) is 0.561. The molecule has 0 aromatic carbocycles. The van der Waals surface area contributed by atoms with Gasteiger partial charge in [0.25, 0.3) is 0 Å². The van der Waals surface area contributed by atoms with Crippen molar-refractivity contribution >= 4 is 6.08 Å². The maximum absolute atomic E-state index is 6.78. The molecule has 0 aliphatic rings. The van der Waals surface area contributed by atoms with Crippen LogP contribution in [0.5, 0.6) is 0 Å². The van der Waals surface area contributed by atoms with Gasteiger partial charge >= 0.3 is 0 Å². The maximum atomic E-state index is 6.78. The van der Waals surface area contributed by atoms with Crippen LogP contribution in [0.4, 0.5) is 0 Å². The van der Waals surface area contributed by atoms with Crippen molar-refractivity contribution < 1.29 is 4.42 Å². The predicted molar refractivity (Wildman–Crippen MR) is 35.7 cm³/mol. The first kappa shape index (κ1) is 6.11. The summed E-state index contributed by atoms with van der Waals surface area (Å²) in [4.78, 5) is 0. The second kappa shape index (κ2) is 3.10. The van der Waals surface area contributed by atoms with Gasteiger partial charge in [0.2, 0.25) is 0 Å². The number of hydrogen-bond donors (Lipinski definition) is 0. The lowest BCUT2D eigenvalue weighted by Crippen LogP contribution is -1.72. The molecule has 0 amide bonds. The average molecular weight is 122 g/mol. The van der Waals surface area contributed by atoms with Crippen LogP contribution < -0.4 is 5.73 Å². The quantitative estimate of drug-likeness (QED) is 0.586. The first-order valence-corrected chi connectivity index (χ1v) is 2.78. The van der Waals surface area contributed by atoms with Crippen LogP contribution in [0.3, 0.4) is 0 Å². The number of hydrogen-bond acceptors (Lipinski definition) is 1. The minimum absolute atomic E-state index is 0.306. The van der Waals surface area contributed by atoms with Gasteiger partial charge in [0.1, 0.15) is 5.76 Å². The van der Waals surface area contributed by atoms with E-state index in [1.165, 1.54) is 0 Å². The Hall–Kier alpha value is -1.02.